The molecule has 6 heteroatoms. The topological polar surface area (TPSA) is 60.9 Å². The molecular weight excluding hydrogens is 300 g/mol. The smallest absolute Gasteiger partial charge is 0.213 e. The molecule has 2 heterocycles. The van der Waals surface area contributed by atoms with Crippen LogP contribution in [0.5, 0.6) is 0 Å². The van der Waals surface area contributed by atoms with Crippen LogP contribution in [-0.2, 0) is 16.4 Å². The molecule has 0 spiro atoms. The number of para-hydroxylation sites is 1. The Morgan fingerprint density at radius 2 is 2.05 bits per heavy atom. The van der Waals surface area contributed by atoms with Crippen molar-refractivity contribution < 1.29 is 13.5 Å². The van der Waals surface area contributed by atoms with Gasteiger partial charge in [-0.3, -0.25) is 0 Å². The van der Waals surface area contributed by atoms with E-state index in [-0.39, 0.29) is 0 Å². The summed E-state index contributed by atoms with van der Waals surface area (Å²) in [5.74, 6) is 0. The average Bonchev–Trinajstić information content (AvgIpc) is 2.45. The van der Waals surface area contributed by atoms with Gasteiger partial charge in [-0.1, -0.05) is 24.3 Å². The summed E-state index contributed by atoms with van der Waals surface area (Å²) in [6.07, 6.45) is 6.42. The van der Waals surface area contributed by atoms with Crippen molar-refractivity contribution in [2.24, 2.45) is 0 Å². The van der Waals surface area contributed by atoms with Gasteiger partial charge in [-0.05, 0) is 31.4 Å². The molecule has 3 rings (SSSR count). The highest BCUT2D eigenvalue weighted by Crippen LogP contribution is 2.39. The van der Waals surface area contributed by atoms with Crippen LogP contribution in [0, 0.1) is 0 Å². The number of nitrogens with zero attached hydrogens (tertiary/aromatic N) is 2. The zero-order valence-corrected chi connectivity index (χ0v) is 13.8. The largest absolute Gasteiger partial charge is 0.393 e. The van der Waals surface area contributed by atoms with Gasteiger partial charge in [-0.2, -0.15) is 4.31 Å². The lowest BCUT2D eigenvalue weighted by Gasteiger charge is -2.52. The molecule has 0 aromatic heterocycles. The highest BCUT2D eigenvalue weighted by Gasteiger charge is 2.47. The average molecular weight is 322 g/mol. The number of benzene rings is 1. The first-order valence-corrected chi connectivity index (χ1v) is 9.37. The first kappa shape index (κ1) is 15.5. The molecule has 1 N–H and O–H groups in total. The Balaban J connectivity index is 2.09. The molecule has 2 atom stereocenters. The summed E-state index contributed by atoms with van der Waals surface area (Å²) in [5, 5.41) is 10.1. The third kappa shape index (κ3) is 2.55. The number of allylic oxidation sites excluding steroid dienone is 1. The monoisotopic (exact) mass is 322 g/mol. The number of aliphatic hydroxyl groups excluding tert-OH is 1. The van der Waals surface area contributed by atoms with Gasteiger partial charge in [0.1, 0.15) is 5.66 Å². The summed E-state index contributed by atoms with van der Waals surface area (Å²) in [7, 11) is -3.36. The second-order valence-electron chi connectivity index (χ2n) is 6.29. The van der Waals surface area contributed by atoms with Gasteiger partial charge in [0.2, 0.25) is 10.0 Å². The molecule has 5 nitrogen and oxygen atoms in total. The van der Waals surface area contributed by atoms with Crippen LogP contribution in [0.2, 0.25) is 0 Å². The Hall–Kier alpha value is -1.37. The van der Waals surface area contributed by atoms with E-state index in [4.69, 9.17) is 0 Å². The molecule has 2 unspecified atom stereocenters. The van der Waals surface area contributed by atoms with Crippen LogP contribution < -0.4 is 4.90 Å². The lowest BCUT2D eigenvalue weighted by Crippen LogP contribution is -2.63. The van der Waals surface area contributed by atoms with E-state index in [0.29, 0.717) is 19.4 Å². The minimum Gasteiger partial charge on any atom is -0.393 e. The number of rotatable bonds is 2. The lowest BCUT2D eigenvalue weighted by atomic mass is 9.93. The first-order chi connectivity index (χ1) is 10.3. The minimum absolute atomic E-state index is 0.336. The summed E-state index contributed by atoms with van der Waals surface area (Å²) < 4.78 is 26.0. The van der Waals surface area contributed by atoms with Gasteiger partial charge in [0.15, 0.2) is 0 Å². The van der Waals surface area contributed by atoms with Crippen LogP contribution in [0.3, 0.4) is 0 Å². The van der Waals surface area contributed by atoms with Crippen molar-refractivity contribution in [3.8, 4) is 0 Å². The highest BCUT2D eigenvalue weighted by molar-refractivity contribution is 7.88. The van der Waals surface area contributed by atoms with Crippen LogP contribution in [-0.4, -0.2) is 42.4 Å². The fourth-order valence-electron chi connectivity index (χ4n) is 3.60. The van der Waals surface area contributed by atoms with Gasteiger partial charge < -0.3 is 10.0 Å². The van der Waals surface area contributed by atoms with Crippen LogP contribution >= 0.6 is 0 Å². The molecule has 1 aromatic carbocycles. The maximum Gasteiger partial charge on any atom is 0.213 e. The summed E-state index contributed by atoms with van der Waals surface area (Å²) in [6.45, 7) is 2.23. The Bertz CT molecular complexity index is 701. The van der Waals surface area contributed by atoms with Crippen molar-refractivity contribution in [1.82, 2.24) is 4.31 Å². The van der Waals surface area contributed by atoms with E-state index in [1.807, 2.05) is 42.3 Å². The Morgan fingerprint density at radius 1 is 1.32 bits per heavy atom. The van der Waals surface area contributed by atoms with Crippen molar-refractivity contribution in [1.29, 1.82) is 0 Å². The van der Waals surface area contributed by atoms with E-state index < -0.39 is 21.8 Å². The van der Waals surface area contributed by atoms with Crippen LogP contribution in [0.15, 0.2) is 36.5 Å². The molecule has 1 aromatic rings. The first-order valence-electron chi connectivity index (χ1n) is 7.52. The number of fused-ring (bicyclic) bond motifs is 1. The fraction of sp³-hybridized carbons (Fsp3) is 0.500. The maximum atomic E-state index is 12.3. The van der Waals surface area contributed by atoms with Gasteiger partial charge in [0.05, 0.1) is 12.4 Å². The molecule has 120 valence electrons. The van der Waals surface area contributed by atoms with Crippen molar-refractivity contribution in [2.45, 2.75) is 38.0 Å². The lowest BCUT2D eigenvalue weighted by molar-refractivity contribution is 0.0378. The number of piperidine rings is 1. The SMILES string of the molecule is CC1(N2C=CCc3ccccc32)CC(O)CCN1S(C)(=O)=O. The summed E-state index contributed by atoms with van der Waals surface area (Å²) >= 11 is 0. The van der Waals surface area contributed by atoms with Crippen LogP contribution in [0.1, 0.15) is 25.3 Å². The second-order valence-corrected chi connectivity index (χ2v) is 8.19. The zero-order chi connectivity index (χ0) is 16.0. The van der Waals surface area contributed by atoms with E-state index in [2.05, 4.69) is 6.07 Å². The molecule has 1 saturated heterocycles. The highest BCUT2D eigenvalue weighted by atomic mass is 32.2. The molecule has 1 fully saturated rings. The molecule has 22 heavy (non-hydrogen) atoms. The summed E-state index contributed by atoms with van der Waals surface area (Å²) in [6, 6.07) is 8.01. The molecular formula is C16H22N2O3S. The molecule has 0 bridgehead atoms. The van der Waals surface area contributed by atoms with E-state index in [1.165, 1.54) is 16.1 Å². The molecule has 0 radical (unpaired) electrons. The number of aliphatic hydroxyl groups is 1. The number of sulfonamides is 1. The standard InChI is InChI=1S/C16H22N2O3S/c1-16(12-14(19)9-11-18(16)22(2,20)21)17-10-5-7-13-6-3-4-8-15(13)17/h3-6,8,10,14,19H,7,9,11-12H2,1-2H3. The van der Waals surface area contributed by atoms with Crippen molar-refractivity contribution in [3.05, 3.63) is 42.1 Å². The predicted octanol–water partition coefficient (Wildman–Crippen LogP) is 1.70. The number of hydrogen-bond donors (Lipinski definition) is 1. The third-order valence-corrected chi connectivity index (χ3v) is 5.96. The van der Waals surface area contributed by atoms with Gasteiger partial charge in [0.25, 0.3) is 0 Å². The van der Waals surface area contributed by atoms with E-state index in [0.717, 1.165) is 12.1 Å². The van der Waals surface area contributed by atoms with Crippen molar-refractivity contribution in [2.75, 3.05) is 17.7 Å². The maximum absolute atomic E-state index is 12.3. The second kappa shape index (κ2) is 5.37. The summed E-state index contributed by atoms with van der Waals surface area (Å²) in [4.78, 5) is 2.00. The molecule has 2 aliphatic heterocycles. The molecule has 0 amide bonds. The van der Waals surface area contributed by atoms with Crippen LogP contribution in [0.4, 0.5) is 5.69 Å². The quantitative estimate of drug-likeness (QED) is 0.900. The summed E-state index contributed by atoms with van der Waals surface area (Å²) in [5.41, 5.74) is 1.38. The van der Waals surface area contributed by atoms with E-state index in [9.17, 15) is 13.5 Å². The third-order valence-electron chi connectivity index (χ3n) is 4.59. The zero-order valence-electron chi connectivity index (χ0n) is 12.9. The van der Waals surface area contributed by atoms with Gasteiger partial charge in [0, 0.05) is 24.9 Å². The normalized spacial score (nSPS) is 29.4. The van der Waals surface area contributed by atoms with Gasteiger partial charge in [-0.15, -0.1) is 0 Å². The van der Waals surface area contributed by atoms with Crippen molar-refractivity contribution >= 4 is 15.7 Å². The van der Waals surface area contributed by atoms with E-state index in [1.54, 1.807) is 0 Å². The van der Waals surface area contributed by atoms with E-state index >= 15 is 0 Å². The van der Waals surface area contributed by atoms with Gasteiger partial charge in [-0.25, -0.2) is 8.42 Å². The Morgan fingerprint density at radius 3 is 2.77 bits per heavy atom. The Labute approximate surface area is 131 Å². The molecule has 0 saturated carbocycles. The number of anilines is 1. The molecule has 0 aliphatic carbocycles. The number of hydrogen-bond acceptors (Lipinski definition) is 4. The fourth-order valence-corrected chi connectivity index (χ4v) is 4.92. The van der Waals surface area contributed by atoms with Crippen LogP contribution in [0.25, 0.3) is 0 Å². The minimum atomic E-state index is -3.36. The van der Waals surface area contributed by atoms with Crippen molar-refractivity contribution in [3.63, 3.8) is 0 Å². The Kier molecular flexibility index (Phi) is 3.79. The molecule has 2 aliphatic rings. The predicted molar refractivity (Wildman–Crippen MR) is 87.0 cm³/mol. The van der Waals surface area contributed by atoms with Gasteiger partial charge >= 0.3 is 0 Å².